The van der Waals surface area contributed by atoms with Crippen LogP contribution in [0.15, 0.2) is 41.8 Å². The summed E-state index contributed by atoms with van der Waals surface area (Å²) < 4.78 is 4.11. The number of carbonyl (C=O) groups excluding carboxylic acids is 2. The smallest absolute Gasteiger partial charge is 0.320 e. The number of hydrogen-bond donors (Lipinski definition) is 0. The zero-order valence-electron chi connectivity index (χ0n) is 15.9. The molecule has 7 nitrogen and oxygen atoms in total. The third-order valence-corrected chi connectivity index (χ3v) is 5.95. The van der Waals surface area contributed by atoms with Crippen LogP contribution in [0.1, 0.15) is 16.1 Å². The molecule has 0 radical (unpaired) electrons. The lowest BCUT2D eigenvalue weighted by molar-refractivity contribution is 0.0606. The lowest BCUT2D eigenvalue weighted by Crippen LogP contribution is -2.57. The molecule has 28 heavy (non-hydrogen) atoms. The van der Waals surface area contributed by atoms with Crippen LogP contribution >= 0.6 is 11.5 Å². The van der Waals surface area contributed by atoms with E-state index in [1.807, 2.05) is 21.2 Å². The van der Waals surface area contributed by atoms with Crippen LogP contribution in [0.25, 0.3) is 0 Å². The highest BCUT2D eigenvalue weighted by Crippen LogP contribution is 2.13. The molecule has 4 rings (SSSR count). The maximum absolute atomic E-state index is 12.8. The van der Waals surface area contributed by atoms with Gasteiger partial charge in [0.25, 0.3) is 5.91 Å². The van der Waals surface area contributed by atoms with Crippen molar-refractivity contribution >= 4 is 23.5 Å². The van der Waals surface area contributed by atoms with E-state index >= 15 is 0 Å². The van der Waals surface area contributed by atoms with Gasteiger partial charge < -0.3 is 14.7 Å². The number of carbonyl (C=O) groups is 2. The molecule has 8 heteroatoms. The highest BCUT2D eigenvalue weighted by atomic mass is 32.1. The average Bonchev–Trinajstić information content (AvgIpc) is 3.29. The Morgan fingerprint density at radius 3 is 2.04 bits per heavy atom. The van der Waals surface area contributed by atoms with Gasteiger partial charge in [-0.2, -0.15) is 4.37 Å². The van der Waals surface area contributed by atoms with Crippen molar-refractivity contribution in [2.24, 2.45) is 0 Å². The van der Waals surface area contributed by atoms with Crippen LogP contribution in [0.5, 0.6) is 0 Å². The van der Waals surface area contributed by atoms with Crippen molar-refractivity contribution in [2.75, 3.05) is 52.4 Å². The monoisotopic (exact) mass is 399 g/mol. The molecular formula is C20H25N5O2S. The van der Waals surface area contributed by atoms with Crippen LogP contribution < -0.4 is 0 Å². The molecule has 0 N–H and O–H groups in total. The number of rotatable bonds is 3. The molecule has 0 saturated carbocycles. The summed E-state index contributed by atoms with van der Waals surface area (Å²) in [5, 5.41) is 1.81. The van der Waals surface area contributed by atoms with Gasteiger partial charge in [-0.1, -0.05) is 30.3 Å². The molecule has 0 atom stereocenters. The molecule has 3 amide bonds. The van der Waals surface area contributed by atoms with Gasteiger partial charge in [-0.3, -0.25) is 9.69 Å². The molecule has 0 unspecified atom stereocenters. The number of aromatic nitrogens is 1. The molecular weight excluding hydrogens is 374 g/mol. The number of nitrogens with zero attached hydrogens (tertiary/aromatic N) is 5. The summed E-state index contributed by atoms with van der Waals surface area (Å²) in [7, 11) is 0. The van der Waals surface area contributed by atoms with Crippen molar-refractivity contribution in [1.29, 1.82) is 0 Å². The summed E-state index contributed by atoms with van der Waals surface area (Å²) in [4.78, 5) is 33.2. The minimum atomic E-state index is -0.0390. The molecule has 2 aliphatic rings. The van der Waals surface area contributed by atoms with Crippen LogP contribution in [0, 0.1) is 0 Å². The van der Waals surface area contributed by atoms with E-state index < -0.39 is 0 Å². The summed E-state index contributed by atoms with van der Waals surface area (Å²) in [6.07, 6.45) is 0. The quantitative estimate of drug-likeness (QED) is 0.790. The highest BCUT2D eigenvalue weighted by molar-refractivity contribution is 7.03. The summed E-state index contributed by atoms with van der Waals surface area (Å²) in [5.41, 5.74) is 1.81. The second-order valence-corrected chi connectivity index (χ2v) is 7.86. The first kappa shape index (κ1) is 18.9. The normalized spacial score (nSPS) is 18.4. The molecule has 1 aromatic heterocycles. The maximum Gasteiger partial charge on any atom is 0.320 e. The number of hydrogen-bond acceptors (Lipinski definition) is 5. The summed E-state index contributed by atoms with van der Waals surface area (Å²) in [5.74, 6) is -0.0390. The van der Waals surface area contributed by atoms with E-state index in [2.05, 4.69) is 33.5 Å². The van der Waals surface area contributed by atoms with Gasteiger partial charge in [-0.25, -0.2) is 4.79 Å². The predicted octanol–water partition coefficient (Wildman–Crippen LogP) is 1.84. The molecule has 0 bridgehead atoms. The van der Waals surface area contributed by atoms with Crippen molar-refractivity contribution in [2.45, 2.75) is 6.54 Å². The number of amides is 3. The van der Waals surface area contributed by atoms with E-state index in [9.17, 15) is 9.59 Å². The van der Waals surface area contributed by atoms with E-state index in [4.69, 9.17) is 0 Å². The van der Waals surface area contributed by atoms with E-state index in [0.717, 1.165) is 32.7 Å². The standard InChI is InChI=1S/C20H25N5O2S/c26-19(18-6-15-28-21-18)23-11-13-25(14-12-23)20(27)24-9-7-22(8-10-24)16-17-4-2-1-3-5-17/h1-6,15H,7-14,16H2. The second-order valence-electron chi connectivity index (χ2n) is 7.20. The van der Waals surface area contributed by atoms with Gasteiger partial charge in [0.2, 0.25) is 0 Å². The molecule has 3 heterocycles. The van der Waals surface area contributed by atoms with E-state index in [-0.39, 0.29) is 11.9 Å². The molecule has 2 aliphatic heterocycles. The first-order valence-electron chi connectivity index (χ1n) is 9.70. The number of benzene rings is 1. The molecule has 2 aromatic rings. The van der Waals surface area contributed by atoms with Gasteiger partial charge in [-0.05, 0) is 23.2 Å². The van der Waals surface area contributed by atoms with Gasteiger partial charge in [0, 0.05) is 64.3 Å². The minimum absolute atomic E-state index is 0.0390. The Morgan fingerprint density at radius 2 is 1.43 bits per heavy atom. The second kappa shape index (κ2) is 8.70. The summed E-state index contributed by atoms with van der Waals surface area (Å²) >= 11 is 1.28. The van der Waals surface area contributed by atoms with Crippen molar-refractivity contribution in [3.8, 4) is 0 Å². The first-order chi connectivity index (χ1) is 13.7. The molecule has 0 spiro atoms. The van der Waals surface area contributed by atoms with Crippen LogP contribution in [0.2, 0.25) is 0 Å². The molecule has 2 saturated heterocycles. The third-order valence-electron chi connectivity index (χ3n) is 5.39. The average molecular weight is 400 g/mol. The zero-order chi connectivity index (χ0) is 19.3. The van der Waals surface area contributed by atoms with Gasteiger partial charge in [0.15, 0.2) is 0 Å². The Balaban J connectivity index is 1.23. The fraction of sp³-hybridized carbons (Fsp3) is 0.450. The van der Waals surface area contributed by atoms with Crippen LogP contribution in [-0.4, -0.2) is 88.3 Å². The van der Waals surface area contributed by atoms with Gasteiger partial charge >= 0.3 is 6.03 Å². The fourth-order valence-corrected chi connectivity index (χ4v) is 4.23. The lowest BCUT2D eigenvalue weighted by atomic mass is 10.2. The van der Waals surface area contributed by atoms with E-state index in [1.165, 1.54) is 17.1 Å². The number of piperazine rings is 2. The van der Waals surface area contributed by atoms with Crippen LogP contribution in [0.3, 0.4) is 0 Å². The molecule has 1 aromatic carbocycles. The molecule has 148 valence electrons. The van der Waals surface area contributed by atoms with Gasteiger partial charge in [0.1, 0.15) is 5.69 Å². The maximum atomic E-state index is 12.8. The Morgan fingerprint density at radius 1 is 0.821 bits per heavy atom. The highest BCUT2D eigenvalue weighted by Gasteiger charge is 2.29. The predicted molar refractivity (Wildman–Crippen MR) is 108 cm³/mol. The summed E-state index contributed by atoms with van der Waals surface area (Å²) in [6.45, 7) is 6.52. The van der Waals surface area contributed by atoms with Crippen molar-refractivity contribution < 1.29 is 9.59 Å². The topological polar surface area (TPSA) is 60.0 Å². The Hall–Kier alpha value is -2.45. The van der Waals surface area contributed by atoms with E-state index in [0.29, 0.717) is 31.9 Å². The SMILES string of the molecule is O=C(c1ccsn1)N1CCN(C(=O)N2CCN(Cc3ccccc3)CC2)CC1. The zero-order valence-corrected chi connectivity index (χ0v) is 16.7. The minimum Gasteiger partial charge on any atom is -0.334 e. The van der Waals surface area contributed by atoms with Gasteiger partial charge in [0.05, 0.1) is 0 Å². The van der Waals surface area contributed by atoms with Crippen LogP contribution in [0.4, 0.5) is 4.79 Å². The molecule has 2 fully saturated rings. The fourth-order valence-electron chi connectivity index (χ4n) is 3.72. The van der Waals surface area contributed by atoms with Crippen LogP contribution in [-0.2, 0) is 6.54 Å². The molecule has 0 aliphatic carbocycles. The number of urea groups is 1. The van der Waals surface area contributed by atoms with Crippen molar-refractivity contribution in [3.05, 3.63) is 53.0 Å². The van der Waals surface area contributed by atoms with Gasteiger partial charge in [-0.15, -0.1) is 0 Å². The Labute approximate surface area is 169 Å². The third kappa shape index (κ3) is 4.34. The first-order valence-corrected chi connectivity index (χ1v) is 10.5. The van der Waals surface area contributed by atoms with Crippen molar-refractivity contribution in [1.82, 2.24) is 24.0 Å². The Bertz CT molecular complexity index is 782. The van der Waals surface area contributed by atoms with E-state index in [1.54, 1.807) is 11.0 Å². The summed E-state index contributed by atoms with van der Waals surface area (Å²) in [6, 6.07) is 12.3. The Kier molecular flexibility index (Phi) is 5.87. The van der Waals surface area contributed by atoms with Crippen molar-refractivity contribution in [3.63, 3.8) is 0 Å². The largest absolute Gasteiger partial charge is 0.334 e. The lowest BCUT2D eigenvalue weighted by Gasteiger charge is -2.40.